The molecule has 0 fully saturated rings. The van der Waals surface area contributed by atoms with E-state index in [1.807, 2.05) is 6.07 Å². The predicted molar refractivity (Wildman–Crippen MR) is 71.2 cm³/mol. The van der Waals surface area contributed by atoms with E-state index in [-0.39, 0.29) is 0 Å². The lowest BCUT2D eigenvalue weighted by atomic mass is 10.2. The first-order valence-electron chi connectivity index (χ1n) is 5.17. The molecule has 7 heteroatoms. The summed E-state index contributed by atoms with van der Waals surface area (Å²) in [5.41, 5.74) is 0.979. The van der Waals surface area contributed by atoms with Crippen LogP contribution < -0.4 is 11.0 Å². The molecule has 2 rings (SSSR count). The Morgan fingerprint density at radius 2 is 2.17 bits per heavy atom. The lowest BCUT2D eigenvalue weighted by molar-refractivity contribution is 0.874. The van der Waals surface area contributed by atoms with Crippen molar-refractivity contribution in [3.05, 3.63) is 50.0 Å². The number of nitrogens with zero attached hydrogens (tertiary/aromatic N) is 2. The number of aromatic amines is 1. The molecule has 0 amide bonds. The lowest BCUT2D eigenvalue weighted by Gasteiger charge is -2.08. The maximum Gasteiger partial charge on any atom is 0.363 e. The van der Waals surface area contributed by atoms with Gasteiger partial charge in [0.2, 0.25) is 0 Å². The predicted octanol–water partition coefficient (Wildman–Crippen LogP) is 2.39. The molecule has 0 saturated carbocycles. The number of hydrogen-bond donors (Lipinski definition) is 2. The van der Waals surface area contributed by atoms with Crippen molar-refractivity contribution >= 4 is 29.0 Å². The molecule has 18 heavy (non-hydrogen) atoms. The number of aromatic nitrogens is 3. The maximum atomic E-state index is 11.1. The number of aryl methyl sites for hydroxylation is 1. The first kappa shape index (κ1) is 12.9. The van der Waals surface area contributed by atoms with Gasteiger partial charge in [0, 0.05) is 16.6 Å². The number of halogens is 2. The van der Waals surface area contributed by atoms with Crippen LogP contribution in [-0.2, 0) is 6.54 Å². The van der Waals surface area contributed by atoms with E-state index in [1.54, 1.807) is 19.1 Å². The smallest absolute Gasteiger partial charge is 0.363 e. The minimum absolute atomic E-state index is 0.435. The first-order valence-corrected chi connectivity index (χ1v) is 5.93. The van der Waals surface area contributed by atoms with E-state index >= 15 is 0 Å². The quantitative estimate of drug-likeness (QED) is 0.908. The monoisotopic (exact) mass is 284 g/mol. The lowest BCUT2D eigenvalue weighted by Crippen LogP contribution is -2.17. The molecule has 0 aliphatic heterocycles. The van der Waals surface area contributed by atoms with Gasteiger partial charge in [0.15, 0.2) is 5.82 Å². The molecule has 2 N–H and O–H groups in total. The van der Waals surface area contributed by atoms with Crippen LogP contribution in [0.2, 0.25) is 10.0 Å². The van der Waals surface area contributed by atoms with Gasteiger partial charge in [-0.3, -0.25) is 0 Å². The average Bonchev–Trinajstić information content (AvgIpc) is 2.32. The topological polar surface area (TPSA) is 70.7 Å². The summed E-state index contributed by atoms with van der Waals surface area (Å²) in [6.45, 7) is 2.18. The normalized spacial score (nSPS) is 10.4. The van der Waals surface area contributed by atoms with Crippen LogP contribution in [0.5, 0.6) is 0 Å². The van der Waals surface area contributed by atoms with Gasteiger partial charge in [0.05, 0.1) is 0 Å². The average molecular weight is 285 g/mol. The molecule has 0 aliphatic carbocycles. The molecule has 1 aromatic heterocycles. The standard InChI is InChI=1S/C11H10Cl2N4O/c1-6-10(15-11(18)17-16-6)14-5-7-2-3-8(12)4-9(7)13/h2-4H,5H2,1H3,(H2,14,15,17,18). The molecule has 0 saturated heterocycles. The fraction of sp³-hybridized carbons (Fsp3) is 0.182. The Morgan fingerprint density at radius 3 is 2.89 bits per heavy atom. The summed E-state index contributed by atoms with van der Waals surface area (Å²) in [6.07, 6.45) is 0. The van der Waals surface area contributed by atoms with Gasteiger partial charge in [-0.25, -0.2) is 9.89 Å². The molecular formula is C11H10Cl2N4O. The molecule has 0 unspecified atom stereocenters. The molecule has 0 radical (unpaired) electrons. The van der Waals surface area contributed by atoms with Gasteiger partial charge in [-0.15, -0.1) is 0 Å². The van der Waals surface area contributed by atoms with Gasteiger partial charge in [-0.05, 0) is 24.6 Å². The maximum absolute atomic E-state index is 11.1. The van der Waals surface area contributed by atoms with Crippen LogP contribution in [0.25, 0.3) is 0 Å². The Kier molecular flexibility index (Phi) is 3.84. The van der Waals surface area contributed by atoms with Gasteiger partial charge >= 0.3 is 5.69 Å². The SMILES string of the molecule is Cc1n[nH]c(=O)nc1NCc1ccc(Cl)cc1Cl. The van der Waals surface area contributed by atoms with Crippen molar-refractivity contribution in [2.75, 3.05) is 5.32 Å². The van der Waals surface area contributed by atoms with E-state index in [4.69, 9.17) is 23.2 Å². The highest BCUT2D eigenvalue weighted by atomic mass is 35.5. The molecule has 0 aliphatic rings. The molecule has 5 nitrogen and oxygen atoms in total. The molecule has 0 spiro atoms. The highest BCUT2D eigenvalue weighted by Gasteiger charge is 2.05. The van der Waals surface area contributed by atoms with Crippen LogP contribution in [0.15, 0.2) is 23.0 Å². The molecule has 94 valence electrons. The van der Waals surface area contributed by atoms with E-state index in [2.05, 4.69) is 20.5 Å². The molecule has 1 aromatic carbocycles. The number of anilines is 1. The minimum Gasteiger partial charge on any atom is -0.364 e. The third kappa shape index (κ3) is 3.00. The highest BCUT2D eigenvalue weighted by Crippen LogP contribution is 2.21. The second-order valence-electron chi connectivity index (χ2n) is 3.66. The van der Waals surface area contributed by atoms with Gasteiger partial charge in [-0.2, -0.15) is 10.1 Å². The Labute approximate surface area is 113 Å². The minimum atomic E-state index is -0.495. The van der Waals surface area contributed by atoms with Crippen LogP contribution in [0.1, 0.15) is 11.3 Å². The van der Waals surface area contributed by atoms with E-state index in [1.165, 1.54) is 0 Å². The largest absolute Gasteiger partial charge is 0.364 e. The molecule has 0 bridgehead atoms. The second-order valence-corrected chi connectivity index (χ2v) is 4.51. The summed E-state index contributed by atoms with van der Waals surface area (Å²) in [4.78, 5) is 14.8. The van der Waals surface area contributed by atoms with E-state index in [0.717, 1.165) is 5.56 Å². The van der Waals surface area contributed by atoms with Crippen molar-refractivity contribution in [3.63, 3.8) is 0 Å². The third-order valence-corrected chi connectivity index (χ3v) is 2.92. The molecule has 0 atom stereocenters. The van der Waals surface area contributed by atoms with Gasteiger partial charge < -0.3 is 5.32 Å². The summed E-state index contributed by atoms with van der Waals surface area (Å²) in [7, 11) is 0. The van der Waals surface area contributed by atoms with Crippen LogP contribution in [0.4, 0.5) is 5.82 Å². The Balaban J connectivity index is 2.16. The summed E-state index contributed by atoms with van der Waals surface area (Å²) < 4.78 is 0. The van der Waals surface area contributed by atoms with Crippen LogP contribution in [-0.4, -0.2) is 15.2 Å². The van der Waals surface area contributed by atoms with Gasteiger partial charge in [-0.1, -0.05) is 29.3 Å². The fourth-order valence-electron chi connectivity index (χ4n) is 1.40. The Hall–Kier alpha value is -1.59. The number of rotatable bonds is 3. The van der Waals surface area contributed by atoms with Gasteiger partial charge in [0.1, 0.15) is 5.69 Å². The van der Waals surface area contributed by atoms with E-state index in [0.29, 0.717) is 28.1 Å². The molecular weight excluding hydrogens is 275 g/mol. The zero-order valence-corrected chi connectivity index (χ0v) is 11.0. The number of benzene rings is 1. The summed E-state index contributed by atoms with van der Waals surface area (Å²) in [6, 6.07) is 5.23. The highest BCUT2D eigenvalue weighted by molar-refractivity contribution is 6.35. The second kappa shape index (κ2) is 5.37. The Morgan fingerprint density at radius 1 is 1.39 bits per heavy atom. The van der Waals surface area contributed by atoms with Crippen LogP contribution in [0.3, 0.4) is 0 Å². The summed E-state index contributed by atoms with van der Waals surface area (Å²) >= 11 is 11.8. The van der Waals surface area contributed by atoms with Crippen molar-refractivity contribution in [3.8, 4) is 0 Å². The summed E-state index contributed by atoms with van der Waals surface area (Å²) in [5, 5.41) is 10.2. The van der Waals surface area contributed by atoms with Crippen LogP contribution >= 0.6 is 23.2 Å². The fourth-order valence-corrected chi connectivity index (χ4v) is 1.88. The number of nitrogens with one attached hydrogen (secondary N) is 2. The van der Waals surface area contributed by atoms with Crippen molar-refractivity contribution in [1.82, 2.24) is 15.2 Å². The zero-order chi connectivity index (χ0) is 13.1. The van der Waals surface area contributed by atoms with Gasteiger partial charge in [0.25, 0.3) is 0 Å². The van der Waals surface area contributed by atoms with Crippen molar-refractivity contribution in [2.45, 2.75) is 13.5 Å². The summed E-state index contributed by atoms with van der Waals surface area (Å²) in [5.74, 6) is 0.435. The molecule has 1 heterocycles. The molecule has 2 aromatic rings. The number of H-pyrrole nitrogens is 1. The first-order chi connectivity index (χ1) is 8.56. The van der Waals surface area contributed by atoms with E-state index < -0.39 is 5.69 Å². The van der Waals surface area contributed by atoms with Crippen molar-refractivity contribution in [1.29, 1.82) is 0 Å². The van der Waals surface area contributed by atoms with E-state index in [9.17, 15) is 4.79 Å². The Bertz CT molecular complexity index is 627. The number of hydrogen-bond acceptors (Lipinski definition) is 4. The van der Waals surface area contributed by atoms with Crippen LogP contribution in [0, 0.1) is 6.92 Å². The third-order valence-electron chi connectivity index (χ3n) is 2.34. The zero-order valence-electron chi connectivity index (χ0n) is 9.50. The van der Waals surface area contributed by atoms with Crippen molar-refractivity contribution < 1.29 is 0 Å². The van der Waals surface area contributed by atoms with Crippen molar-refractivity contribution in [2.24, 2.45) is 0 Å².